The number of halogens is 3. The van der Waals surface area contributed by atoms with E-state index >= 15 is 0 Å². The summed E-state index contributed by atoms with van der Waals surface area (Å²) >= 11 is 1.25. The number of hydrogen-bond acceptors (Lipinski definition) is 3. The Balaban J connectivity index is 2.23. The maximum absolute atomic E-state index is 14.1. The maximum atomic E-state index is 14.1. The van der Waals surface area contributed by atoms with Crippen molar-refractivity contribution in [3.8, 4) is 0 Å². The lowest BCUT2D eigenvalue weighted by Gasteiger charge is -2.18. The van der Waals surface area contributed by atoms with E-state index in [-0.39, 0.29) is 16.9 Å². The third kappa shape index (κ3) is 3.18. The molecule has 1 aliphatic rings. The summed E-state index contributed by atoms with van der Waals surface area (Å²) in [5, 5.41) is 0. The van der Waals surface area contributed by atoms with Crippen LogP contribution in [-0.2, 0) is 9.53 Å². The Morgan fingerprint density at radius 1 is 0.960 bits per heavy atom. The molecule has 0 radical (unpaired) electrons. The van der Waals surface area contributed by atoms with Crippen molar-refractivity contribution in [2.24, 2.45) is 0 Å². The number of carbonyl (C=O) groups is 1. The number of ether oxygens (including phenoxy) is 1. The van der Waals surface area contributed by atoms with Gasteiger partial charge in [0.15, 0.2) is 5.60 Å². The fraction of sp³-hybridized carbons (Fsp3) is 0.211. The lowest BCUT2D eigenvalue weighted by Crippen LogP contribution is -2.29. The Kier molecular flexibility index (Phi) is 4.41. The van der Waals surface area contributed by atoms with Crippen molar-refractivity contribution in [3.05, 3.63) is 65.0 Å². The third-order valence-electron chi connectivity index (χ3n) is 3.92. The molecule has 25 heavy (non-hydrogen) atoms. The summed E-state index contributed by atoms with van der Waals surface area (Å²) in [6.45, 7) is 3.12. The van der Waals surface area contributed by atoms with Crippen LogP contribution in [0.3, 0.4) is 0 Å². The molecule has 0 saturated carbocycles. The number of benzene rings is 2. The van der Waals surface area contributed by atoms with Gasteiger partial charge < -0.3 is 4.74 Å². The molecule has 0 atom stereocenters. The topological polar surface area (TPSA) is 26.3 Å². The largest absolute Gasteiger partial charge is 0.478 e. The summed E-state index contributed by atoms with van der Waals surface area (Å²) in [6.07, 6.45) is 1.75. The molecule has 1 aliphatic heterocycles. The van der Waals surface area contributed by atoms with Crippen molar-refractivity contribution in [1.82, 2.24) is 0 Å². The summed E-state index contributed by atoms with van der Waals surface area (Å²) in [5.74, 6) is -2.36. The highest BCUT2D eigenvalue weighted by Gasteiger charge is 2.43. The lowest BCUT2D eigenvalue weighted by atomic mass is 9.92. The first-order chi connectivity index (χ1) is 11.7. The quantitative estimate of drug-likeness (QED) is 0.711. The lowest BCUT2D eigenvalue weighted by molar-refractivity contribution is -0.125. The van der Waals surface area contributed by atoms with Crippen LogP contribution in [0.5, 0.6) is 0 Å². The van der Waals surface area contributed by atoms with Crippen molar-refractivity contribution in [1.29, 1.82) is 0 Å². The molecule has 0 N–H and O–H groups in total. The first-order valence-corrected chi connectivity index (χ1v) is 8.74. The first-order valence-electron chi connectivity index (χ1n) is 7.51. The third-order valence-corrected chi connectivity index (χ3v) is 4.69. The minimum atomic E-state index is -1.21. The minimum absolute atomic E-state index is 0.0414. The molecule has 0 bridgehead atoms. The number of ketones is 1. The molecule has 0 saturated heterocycles. The zero-order chi connectivity index (χ0) is 18.4. The van der Waals surface area contributed by atoms with Crippen molar-refractivity contribution in [2.45, 2.75) is 24.3 Å². The van der Waals surface area contributed by atoms with Crippen LogP contribution < -0.4 is 0 Å². The van der Waals surface area contributed by atoms with Gasteiger partial charge in [-0.2, -0.15) is 0 Å². The van der Waals surface area contributed by atoms with Gasteiger partial charge in [-0.05, 0) is 56.0 Å². The van der Waals surface area contributed by atoms with Gasteiger partial charge in [-0.1, -0.05) is 0 Å². The summed E-state index contributed by atoms with van der Waals surface area (Å²) in [7, 11) is 0. The normalized spacial score (nSPS) is 16.3. The molecule has 2 nitrogen and oxygen atoms in total. The summed E-state index contributed by atoms with van der Waals surface area (Å²) in [4.78, 5) is 13.2. The van der Waals surface area contributed by atoms with Crippen LogP contribution in [0.2, 0.25) is 0 Å². The van der Waals surface area contributed by atoms with E-state index in [2.05, 4.69) is 0 Å². The molecule has 2 aromatic carbocycles. The summed E-state index contributed by atoms with van der Waals surface area (Å²) in [6, 6.07) is 7.30. The van der Waals surface area contributed by atoms with Gasteiger partial charge >= 0.3 is 0 Å². The van der Waals surface area contributed by atoms with Crippen LogP contribution in [0.15, 0.2) is 41.3 Å². The van der Waals surface area contributed by atoms with Crippen molar-refractivity contribution < 1.29 is 22.7 Å². The smallest absolute Gasteiger partial charge is 0.210 e. The molecule has 6 heteroatoms. The van der Waals surface area contributed by atoms with Crippen molar-refractivity contribution in [2.75, 3.05) is 6.26 Å². The van der Waals surface area contributed by atoms with Gasteiger partial charge in [0.2, 0.25) is 5.78 Å². The first kappa shape index (κ1) is 17.6. The highest BCUT2D eigenvalue weighted by Crippen LogP contribution is 2.42. The zero-order valence-electron chi connectivity index (χ0n) is 13.8. The summed E-state index contributed by atoms with van der Waals surface area (Å²) in [5.41, 5.74) is -0.756. The summed E-state index contributed by atoms with van der Waals surface area (Å²) < 4.78 is 47.1. The van der Waals surface area contributed by atoms with Gasteiger partial charge in [0.1, 0.15) is 23.2 Å². The second-order valence-electron chi connectivity index (χ2n) is 6.15. The SMILES string of the molecule is CSc1ccc(C2=C(c3cc(F)cc(F)c3)C(=O)C(C)(C)O2)cc1F. The predicted octanol–water partition coefficient (Wildman–Crippen LogP) is 5.07. The minimum Gasteiger partial charge on any atom is -0.478 e. The molecule has 130 valence electrons. The second kappa shape index (κ2) is 6.26. The molecular weight excluding hydrogens is 349 g/mol. The van der Waals surface area contributed by atoms with Gasteiger partial charge in [0.25, 0.3) is 0 Å². The molecule has 0 aliphatic carbocycles. The van der Waals surface area contributed by atoms with E-state index in [9.17, 15) is 18.0 Å². The van der Waals surface area contributed by atoms with Crippen LogP contribution in [0.1, 0.15) is 25.0 Å². The van der Waals surface area contributed by atoms with E-state index < -0.39 is 28.8 Å². The highest BCUT2D eigenvalue weighted by atomic mass is 32.2. The molecule has 0 unspecified atom stereocenters. The Labute approximate surface area is 147 Å². The van der Waals surface area contributed by atoms with Crippen LogP contribution >= 0.6 is 11.8 Å². The van der Waals surface area contributed by atoms with Crippen LogP contribution in [-0.4, -0.2) is 17.6 Å². The monoisotopic (exact) mass is 364 g/mol. The molecule has 0 aromatic heterocycles. The average molecular weight is 364 g/mol. The number of thioether (sulfide) groups is 1. The standard InChI is InChI=1S/C19H15F3O2S/c1-19(2)18(23)16(11-6-12(20)9-13(21)7-11)17(24-19)10-4-5-15(25-3)14(22)8-10/h4-9H,1-3H3. The molecule has 3 rings (SSSR count). The molecule has 0 amide bonds. The zero-order valence-corrected chi connectivity index (χ0v) is 14.6. The maximum Gasteiger partial charge on any atom is 0.210 e. The van der Waals surface area contributed by atoms with Crippen molar-refractivity contribution >= 4 is 28.9 Å². The van der Waals surface area contributed by atoms with Gasteiger partial charge in [-0.25, -0.2) is 13.2 Å². The van der Waals surface area contributed by atoms with Crippen LogP contribution in [0.25, 0.3) is 11.3 Å². The number of Topliss-reactive ketones (excluding diaryl/α,β-unsaturated/α-hetero) is 1. The number of hydrogen-bond donors (Lipinski definition) is 0. The molecule has 2 aromatic rings. The number of rotatable bonds is 3. The molecule has 0 fully saturated rings. The van der Waals surface area contributed by atoms with Crippen LogP contribution in [0.4, 0.5) is 13.2 Å². The number of carbonyl (C=O) groups excluding carboxylic acids is 1. The average Bonchev–Trinajstić information content (AvgIpc) is 2.76. The fourth-order valence-corrected chi connectivity index (χ4v) is 3.19. The van der Waals surface area contributed by atoms with Gasteiger partial charge in [-0.15, -0.1) is 11.8 Å². The van der Waals surface area contributed by atoms with Gasteiger partial charge in [-0.3, -0.25) is 4.79 Å². The second-order valence-corrected chi connectivity index (χ2v) is 7.00. The van der Waals surface area contributed by atoms with E-state index in [1.54, 1.807) is 32.2 Å². The van der Waals surface area contributed by atoms with E-state index in [1.165, 1.54) is 17.8 Å². The Morgan fingerprint density at radius 2 is 1.60 bits per heavy atom. The Morgan fingerprint density at radius 3 is 2.16 bits per heavy atom. The van der Waals surface area contributed by atoms with Crippen LogP contribution in [0, 0.1) is 17.5 Å². The van der Waals surface area contributed by atoms with E-state index in [4.69, 9.17) is 4.74 Å². The van der Waals surface area contributed by atoms with Gasteiger partial charge in [0.05, 0.1) is 5.57 Å². The van der Waals surface area contributed by atoms with E-state index in [0.717, 1.165) is 18.2 Å². The fourth-order valence-electron chi connectivity index (χ4n) is 2.73. The van der Waals surface area contributed by atoms with E-state index in [1.807, 2.05) is 0 Å². The molecule has 0 spiro atoms. The van der Waals surface area contributed by atoms with E-state index in [0.29, 0.717) is 10.5 Å². The Bertz CT molecular complexity index is 883. The van der Waals surface area contributed by atoms with Gasteiger partial charge in [0, 0.05) is 16.5 Å². The predicted molar refractivity (Wildman–Crippen MR) is 91.5 cm³/mol. The van der Waals surface area contributed by atoms with Crippen molar-refractivity contribution in [3.63, 3.8) is 0 Å². The molecule has 1 heterocycles. The highest BCUT2D eigenvalue weighted by molar-refractivity contribution is 7.98. The molecular formula is C19H15F3O2S. The Hall–Kier alpha value is -2.21.